The van der Waals surface area contributed by atoms with Crippen LogP contribution in [0.25, 0.3) is 0 Å². The molecule has 0 atom stereocenters. The Bertz CT molecular complexity index is 237. The van der Waals surface area contributed by atoms with Crippen LogP contribution in [-0.2, 0) is 0 Å². The van der Waals surface area contributed by atoms with Crippen LogP contribution in [0.4, 0.5) is 0 Å². The largest absolute Gasteiger partial charge is 0.344 e. The molecule has 5 N–H and O–H groups in total. The van der Waals surface area contributed by atoms with Gasteiger partial charge in [0.05, 0.1) is 0 Å². The fourth-order valence-electron chi connectivity index (χ4n) is 0.394. The quantitative estimate of drug-likeness (QED) is 0.255. The van der Waals surface area contributed by atoms with E-state index in [4.69, 9.17) is 10.9 Å². The molecule has 0 amide bonds. The zero-order valence-corrected chi connectivity index (χ0v) is 7.22. The topological polar surface area (TPSA) is 95.1 Å². The highest BCUT2D eigenvalue weighted by Gasteiger charge is 1.93. The van der Waals surface area contributed by atoms with Gasteiger partial charge in [0.25, 0.3) is 0 Å². The van der Waals surface area contributed by atoms with Gasteiger partial charge in [0.1, 0.15) is 0 Å². The summed E-state index contributed by atoms with van der Waals surface area (Å²) in [5.41, 5.74) is 7.81. The van der Waals surface area contributed by atoms with Gasteiger partial charge in [-0.05, 0) is 6.92 Å². The Balaban J connectivity index is 0. The third-order valence-electron chi connectivity index (χ3n) is 0.985. The summed E-state index contributed by atoms with van der Waals surface area (Å²) in [5, 5.41) is 9.97. The van der Waals surface area contributed by atoms with Gasteiger partial charge in [-0.1, -0.05) is 30.9 Å². The number of amidine groups is 1. The van der Waals surface area contributed by atoms with Crippen molar-refractivity contribution >= 4 is 5.84 Å². The first-order valence-corrected chi connectivity index (χ1v) is 3.07. The summed E-state index contributed by atoms with van der Waals surface area (Å²) in [6, 6.07) is 0. The maximum absolute atomic E-state index is 7.05. The zero-order valence-electron chi connectivity index (χ0n) is 7.22. The molecule has 0 aliphatic rings. The predicted molar refractivity (Wildman–Crippen MR) is 51.0 cm³/mol. The predicted octanol–water partition coefficient (Wildman–Crippen LogP) is 2.85. The van der Waals surface area contributed by atoms with E-state index in [1.807, 2.05) is 6.92 Å². The molecule has 0 saturated carbocycles. The van der Waals surface area contributed by atoms with E-state index in [-0.39, 0.29) is 12.0 Å². The van der Waals surface area contributed by atoms with E-state index >= 15 is 0 Å². The lowest BCUT2D eigenvalue weighted by molar-refractivity contribution is 1.17. The molecule has 12 heavy (non-hydrogen) atoms. The van der Waals surface area contributed by atoms with Crippen LogP contribution in [-0.4, -0.2) is 5.84 Å². The third kappa shape index (κ3) is 5.25. The van der Waals surface area contributed by atoms with Crippen molar-refractivity contribution in [3.8, 4) is 0 Å². The number of hydrogen-bond acceptors (Lipinski definition) is 3. The zero-order chi connectivity index (χ0) is 8.85. The molecule has 0 radical (unpaired) electrons. The van der Waals surface area contributed by atoms with E-state index in [1.54, 1.807) is 12.2 Å². The average Bonchev–Trinajstić information content (AvgIpc) is 1.98. The molecule has 66 valence electrons. The van der Waals surface area contributed by atoms with E-state index < -0.39 is 0 Å². The molecule has 4 nitrogen and oxygen atoms in total. The van der Waals surface area contributed by atoms with Crippen LogP contribution in [0, 0.1) is 10.9 Å². The number of rotatable bonds is 3. The normalized spacial score (nSPS) is 8.75. The van der Waals surface area contributed by atoms with Crippen LogP contribution >= 0.6 is 0 Å². The molecule has 0 saturated heterocycles. The molecule has 0 aliphatic heterocycles. The fourth-order valence-corrected chi connectivity index (χ4v) is 0.394. The summed E-state index contributed by atoms with van der Waals surface area (Å²) < 4.78 is 0. The molecule has 0 aromatic carbocycles. The first kappa shape index (κ1) is 13.1. The molecule has 0 aromatic rings. The molecule has 0 bridgehead atoms. The lowest BCUT2D eigenvalue weighted by Crippen LogP contribution is -1.90. The first-order chi connectivity index (χ1) is 5.07. The van der Waals surface area contributed by atoms with Gasteiger partial charge < -0.3 is 6.15 Å². The van der Waals surface area contributed by atoms with Gasteiger partial charge in [-0.2, -0.15) is 0 Å². The Kier molecular flexibility index (Phi) is 6.73. The Hall–Kier alpha value is -1.55. The van der Waals surface area contributed by atoms with E-state index in [9.17, 15) is 0 Å². The molecule has 0 spiro atoms. The summed E-state index contributed by atoms with van der Waals surface area (Å²) in [7, 11) is 0. The van der Waals surface area contributed by atoms with Crippen LogP contribution in [0.3, 0.4) is 0 Å². The van der Waals surface area contributed by atoms with E-state index in [0.717, 1.165) is 5.57 Å². The summed E-state index contributed by atoms with van der Waals surface area (Å²) in [4.78, 5) is 0. The molecule has 0 rings (SSSR count). The molecule has 4 heteroatoms. The van der Waals surface area contributed by atoms with Crippen molar-refractivity contribution in [2.24, 2.45) is 5.11 Å². The highest BCUT2D eigenvalue weighted by molar-refractivity contribution is 5.97. The lowest BCUT2D eigenvalue weighted by Gasteiger charge is -1.92. The van der Waals surface area contributed by atoms with Crippen molar-refractivity contribution in [3.05, 3.63) is 36.5 Å². The Morgan fingerprint density at radius 3 is 2.17 bits per heavy atom. The van der Waals surface area contributed by atoms with Gasteiger partial charge in [0, 0.05) is 5.57 Å². The van der Waals surface area contributed by atoms with Crippen LogP contribution in [0.5, 0.6) is 0 Å². The van der Waals surface area contributed by atoms with Gasteiger partial charge >= 0.3 is 0 Å². The first-order valence-electron chi connectivity index (χ1n) is 3.07. The van der Waals surface area contributed by atoms with Gasteiger partial charge in [0.15, 0.2) is 5.84 Å². The Labute approximate surface area is 72.3 Å². The van der Waals surface area contributed by atoms with Crippen molar-refractivity contribution < 1.29 is 0 Å². The molecule has 0 heterocycles. The van der Waals surface area contributed by atoms with Gasteiger partial charge in [0.2, 0.25) is 0 Å². The maximum Gasteiger partial charge on any atom is 0.173 e. The van der Waals surface area contributed by atoms with Crippen molar-refractivity contribution in [1.82, 2.24) is 6.15 Å². The maximum atomic E-state index is 7.05. The number of nitrogens with one attached hydrogen (secondary N) is 2. The minimum atomic E-state index is -0.123. The third-order valence-corrected chi connectivity index (χ3v) is 0.985. The number of allylic oxidation sites excluding steroid dienone is 2. The van der Waals surface area contributed by atoms with E-state index in [0.29, 0.717) is 5.57 Å². The van der Waals surface area contributed by atoms with Gasteiger partial charge in [-0.3, -0.25) is 5.41 Å². The van der Waals surface area contributed by atoms with Crippen LogP contribution in [0.15, 0.2) is 41.6 Å². The molecule has 0 aromatic heterocycles. The highest BCUT2D eigenvalue weighted by Crippen LogP contribution is 1.99. The van der Waals surface area contributed by atoms with Crippen molar-refractivity contribution in [3.63, 3.8) is 0 Å². The second kappa shape index (κ2) is 6.18. The second-order valence-corrected chi connectivity index (χ2v) is 2.17. The Morgan fingerprint density at radius 1 is 1.33 bits per heavy atom. The molecular formula is C8H14N4. The summed E-state index contributed by atoms with van der Waals surface area (Å²) >= 11 is 0. The molecular weight excluding hydrogens is 152 g/mol. The Morgan fingerprint density at radius 2 is 1.83 bits per heavy atom. The highest BCUT2D eigenvalue weighted by atomic mass is 15.0. The summed E-state index contributed by atoms with van der Waals surface area (Å²) in [5.74, 6) is -0.123. The van der Waals surface area contributed by atoms with Crippen molar-refractivity contribution in [2.45, 2.75) is 6.92 Å². The van der Waals surface area contributed by atoms with Crippen LogP contribution in [0.2, 0.25) is 0 Å². The van der Waals surface area contributed by atoms with Crippen molar-refractivity contribution in [1.29, 1.82) is 10.9 Å². The number of hydrogen-bond donors (Lipinski definition) is 3. The molecule has 0 fully saturated rings. The van der Waals surface area contributed by atoms with Crippen LogP contribution < -0.4 is 6.15 Å². The summed E-state index contributed by atoms with van der Waals surface area (Å²) in [6.45, 7) is 9.01. The van der Waals surface area contributed by atoms with E-state index in [1.165, 1.54) is 0 Å². The fraction of sp³-hybridized carbons (Fsp3) is 0.125. The van der Waals surface area contributed by atoms with Crippen molar-refractivity contribution in [2.75, 3.05) is 0 Å². The monoisotopic (exact) mass is 166 g/mol. The van der Waals surface area contributed by atoms with Gasteiger partial charge in [-0.15, -0.1) is 5.11 Å². The minimum Gasteiger partial charge on any atom is -0.344 e. The smallest absolute Gasteiger partial charge is 0.173 e. The SMILES string of the molecule is C=C(C)/C=C\C(=C)C(=N)N=N.N. The van der Waals surface area contributed by atoms with Gasteiger partial charge in [-0.25, -0.2) is 5.53 Å². The average molecular weight is 166 g/mol. The van der Waals surface area contributed by atoms with Crippen LogP contribution in [0.1, 0.15) is 6.92 Å². The second-order valence-electron chi connectivity index (χ2n) is 2.17. The minimum absolute atomic E-state index is 0. The standard InChI is InChI=1S/C8H11N3.H3N/c1-6(2)4-5-7(3)8(9)11-10;/h4-5,9-10H,1,3H2,2H3;1H3/b5-4-,9-8?,11-10?;. The summed E-state index contributed by atoms with van der Waals surface area (Å²) in [6.07, 6.45) is 3.34. The molecule has 0 aliphatic carbocycles. The lowest BCUT2D eigenvalue weighted by atomic mass is 10.2. The van der Waals surface area contributed by atoms with E-state index in [2.05, 4.69) is 18.3 Å². The number of nitrogens with zero attached hydrogens (tertiary/aromatic N) is 1. The molecule has 0 unspecified atom stereocenters.